The van der Waals surface area contributed by atoms with Crippen LogP contribution in [0.15, 0.2) is 58.3 Å². The molecule has 0 radical (unpaired) electrons. The number of methoxy groups -OCH3 is 2. The quantitative estimate of drug-likeness (QED) is 0.644. The number of rotatable bonds is 4. The first-order valence-electron chi connectivity index (χ1n) is 9.16. The molecule has 0 spiro atoms. The zero-order valence-electron chi connectivity index (χ0n) is 17.0. The topological polar surface area (TPSA) is 111 Å². The Hall–Kier alpha value is -3.50. The van der Waals surface area contributed by atoms with Crippen LogP contribution in [-0.2, 0) is 9.59 Å². The van der Waals surface area contributed by atoms with Gasteiger partial charge in [0.2, 0.25) is 0 Å². The molecule has 2 N–H and O–H groups in total. The first-order valence-corrected chi connectivity index (χ1v) is 10.8. The van der Waals surface area contributed by atoms with Crippen molar-refractivity contribution in [1.29, 1.82) is 0 Å². The average Bonchev–Trinajstić information content (AvgIpc) is 3.28. The minimum atomic E-state index is -0.342. The van der Waals surface area contributed by atoms with E-state index >= 15 is 0 Å². The number of carbonyl (C=O) groups is 4. The monoisotopic (exact) mass is 470 g/mol. The van der Waals surface area contributed by atoms with E-state index in [-0.39, 0.29) is 22.3 Å². The zero-order valence-corrected chi connectivity index (χ0v) is 18.7. The number of carbonyl (C=O) groups excluding carboxylic acids is 4. The van der Waals surface area contributed by atoms with Gasteiger partial charge in [-0.3, -0.25) is 29.8 Å². The van der Waals surface area contributed by atoms with Crippen molar-refractivity contribution < 1.29 is 28.7 Å². The summed E-state index contributed by atoms with van der Waals surface area (Å²) < 4.78 is 10.0. The van der Waals surface area contributed by atoms with Crippen LogP contribution < -0.4 is 20.1 Å². The summed E-state index contributed by atoms with van der Waals surface area (Å²) in [5, 5.41) is 3.75. The molecule has 8 nitrogen and oxygen atoms in total. The SMILES string of the molecule is COc1ccc(C=C2SC(=O)NC2=O)cc1.COc1ccc(C=C2SC(=O)NC2=O)cc1. The largest absolute Gasteiger partial charge is 0.497 e. The second-order valence-electron chi connectivity index (χ2n) is 6.25. The molecule has 2 aromatic rings. The molecule has 2 aliphatic heterocycles. The van der Waals surface area contributed by atoms with Crippen molar-refractivity contribution in [3.63, 3.8) is 0 Å². The summed E-state index contributed by atoms with van der Waals surface area (Å²) in [5.74, 6) is 0.820. The molecule has 2 saturated heterocycles. The Morgan fingerprint density at radius 1 is 0.625 bits per heavy atom. The van der Waals surface area contributed by atoms with Gasteiger partial charge in [0.15, 0.2) is 0 Å². The van der Waals surface area contributed by atoms with Crippen LogP contribution in [-0.4, -0.2) is 36.5 Å². The van der Waals surface area contributed by atoms with Gasteiger partial charge < -0.3 is 9.47 Å². The normalized spacial score (nSPS) is 17.7. The molecule has 2 heterocycles. The van der Waals surface area contributed by atoms with E-state index < -0.39 is 0 Å². The third kappa shape index (κ3) is 6.25. The van der Waals surface area contributed by atoms with Gasteiger partial charge in [0.05, 0.1) is 24.0 Å². The molecule has 2 aromatic carbocycles. The molecule has 0 aliphatic carbocycles. The molecule has 2 aliphatic rings. The maximum Gasteiger partial charge on any atom is 0.290 e. The molecule has 32 heavy (non-hydrogen) atoms. The van der Waals surface area contributed by atoms with Gasteiger partial charge in [0.25, 0.3) is 22.3 Å². The number of hydrogen-bond donors (Lipinski definition) is 2. The van der Waals surface area contributed by atoms with Gasteiger partial charge in [0, 0.05) is 0 Å². The summed E-state index contributed by atoms with van der Waals surface area (Å²) in [6.45, 7) is 0. The van der Waals surface area contributed by atoms with Crippen LogP contribution in [0.25, 0.3) is 12.2 Å². The van der Waals surface area contributed by atoms with Crippen molar-refractivity contribution in [1.82, 2.24) is 10.6 Å². The van der Waals surface area contributed by atoms with E-state index in [1.54, 1.807) is 50.6 Å². The van der Waals surface area contributed by atoms with Crippen molar-refractivity contribution in [2.45, 2.75) is 0 Å². The van der Waals surface area contributed by atoms with E-state index in [9.17, 15) is 19.2 Å². The van der Waals surface area contributed by atoms with Crippen molar-refractivity contribution >= 4 is 58.0 Å². The molecule has 10 heteroatoms. The van der Waals surface area contributed by atoms with E-state index in [2.05, 4.69) is 10.6 Å². The summed E-state index contributed by atoms with van der Waals surface area (Å²) in [6, 6.07) is 14.5. The Balaban J connectivity index is 0.000000181. The summed E-state index contributed by atoms with van der Waals surface area (Å²) in [4.78, 5) is 45.2. The Kier molecular flexibility index (Phi) is 7.74. The molecule has 0 atom stereocenters. The highest BCUT2D eigenvalue weighted by Gasteiger charge is 2.25. The second kappa shape index (κ2) is 10.7. The lowest BCUT2D eigenvalue weighted by Crippen LogP contribution is -2.17. The van der Waals surface area contributed by atoms with E-state index in [0.717, 1.165) is 46.1 Å². The van der Waals surface area contributed by atoms with Gasteiger partial charge in [-0.05, 0) is 71.1 Å². The van der Waals surface area contributed by atoms with E-state index in [0.29, 0.717) is 9.81 Å². The predicted molar refractivity (Wildman–Crippen MR) is 124 cm³/mol. The molecule has 0 bridgehead atoms. The molecule has 0 saturated carbocycles. The third-order valence-electron chi connectivity index (χ3n) is 4.11. The second-order valence-corrected chi connectivity index (χ2v) is 8.28. The summed E-state index contributed by atoms with van der Waals surface area (Å²) in [7, 11) is 3.18. The Morgan fingerprint density at radius 3 is 1.22 bits per heavy atom. The first kappa shape index (κ1) is 23.2. The van der Waals surface area contributed by atoms with Crippen LogP contribution >= 0.6 is 23.5 Å². The number of hydrogen-bond acceptors (Lipinski definition) is 8. The highest BCUT2D eigenvalue weighted by atomic mass is 32.2. The van der Waals surface area contributed by atoms with Crippen molar-refractivity contribution in [2.75, 3.05) is 14.2 Å². The number of ether oxygens (including phenoxy) is 2. The van der Waals surface area contributed by atoms with Crippen molar-refractivity contribution in [3.05, 3.63) is 69.5 Å². The van der Waals surface area contributed by atoms with Gasteiger partial charge in [-0.15, -0.1) is 0 Å². The molecule has 164 valence electrons. The smallest absolute Gasteiger partial charge is 0.290 e. The molecule has 0 aromatic heterocycles. The lowest BCUT2D eigenvalue weighted by molar-refractivity contribution is -0.116. The highest BCUT2D eigenvalue weighted by Crippen LogP contribution is 2.27. The summed E-state index contributed by atoms with van der Waals surface area (Å²) >= 11 is 1.82. The summed E-state index contributed by atoms with van der Waals surface area (Å²) in [5.41, 5.74) is 1.71. The third-order valence-corrected chi connectivity index (χ3v) is 5.73. The van der Waals surface area contributed by atoms with Gasteiger partial charge >= 0.3 is 0 Å². The van der Waals surface area contributed by atoms with Gasteiger partial charge in [0.1, 0.15) is 11.5 Å². The molecular formula is C22H18N2O6S2. The molecule has 0 unspecified atom stereocenters. The minimum absolute atomic E-state index is 0.329. The number of nitrogens with one attached hydrogen (secondary N) is 2. The van der Waals surface area contributed by atoms with Crippen LogP contribution in [0.2, 0.25) is 0 Å². The van der Waals surface area contributed by atoms with Crippen molar-refractivity contribution in [2.24, 2.45) is 0 Å². The summed E-state index contributed by atoms with van der Waals surface area (Å²) in [6.07, 6.45) is 3.34. The number of amides is 4. The van der Waals surface area contributed by atoms with Crippen LogP contribution in [0, 0.1) is 0 Å². The fourth-order valence-corrected chi connectivity index (χ4v) is 3.91. The molecule has 4 amide bonds. The Morgan fingerprint density at radius 2 is 0.969 bits per heavy atom. The average molecular weight is 471 g/mol. The van der Waals surface area contributed by atoms with E-state index in [1.165, 1.54) is 0 Å². The number of thioether (sulfide) groups is 2. The maximum atomic E-state index is 11.3. The van der Waals surface area contributed by atoms with Crippen molar-refractivity contribution in [3.8, 4) is 11.5 Å². The molecular weight excluding hydrogens is 452 g/mol. The lowest BCUT2D eigenvalue weighted by Gasteiger charge is -1.99. The fraction of sp³-hybridized carbons (Fsp3) is 0.0909. The van der Waals surface area contributed by atoms with Gasteiger partial charge in [-0.1, -0.05) is 24.3 Å². The van der Waals surface area contributed by atoms with Crippen LogP contribution in [0.1, 0.15) is 11.1 Å². The maximum absolute atomic E-state index is 11.3. The lowest BCUT2D eigenvalue weighted by atomic mass is 10.2. The first-order chi connectivity index (χ1) is 15.4. The minimum Gasteiger partial charge on any atom is -0.497 e. The standard InChI is InChI=1S/2C11H9NO3S/c2*1-15-8-4-2-7(3-5-8)6-9-10(13)12-11(14)16-9/h2*2-6H,1H3,(H,12,13,14). The zero-order chi connectivity index (χ0) is 23.1. The fourth-order valence-electron chi connectivity index (χ4n) is 2.55. The van der Waals surface area contributed by atoms with E-state index in [4.69, 9.17) is 9.47 Å². The van der Waals surface area contributed by atoms with Crippen LogP contribution in [0.3, 0.4) is 0 Å². The van der Waals surface area contributed by atoms with E-state index in [1.807, 2.05) is 24.3 Å². The van der Waals surface area contributed by atoms with Gasteiger partial charge in [-0.25, -0.2) is 0 Å². The number of imide groups is 2. The van der Waals surface area contributed by atoms with Crippen LogP contribution in [0.4, 0.5) is 9.59 Å². The number of benzene rings is 2. The van der Waals surface area contributed by atoms with Gasteiger partial charge in [-0.2, -0.15) is 0 Å². The molecule has 2 fully saturated rings. The molecule has 4 rings (SSSR count). The highest BCUT2D eigenvalue weighted by molar-refractivity contribution is 8.18. The Labute approximate surface area is 192 Å². The van der Waals surface area contributed by atoms with Crippen LogP contribution in [0.5, 0.6) is 11.5 Å². The Bertz CT molecular complexity index is 1020. The predicted octanol–water partition coefficient (Wildman–Crippen LogP) is 4.04.